The van der Waals surface area contributed by atoms with Crippen molar-refractivity contribution < 1.29 is 19.0 Å². The van der Waals surface area contributed by atoms with Crippen molar-refractivity contribution in [3.63, 3.8) is 0 Å². The van der Waals surface area contributed by atoms with Gasteiger partial charge in [-0.15, -0.1) is 0 Å². The monoisotopic (exact) mass is 307 g/mol. The van der Waals surface area contributed by atoms with E-state index in [-0.39, 0.29) is 12.8 Å². The normalized spacial score (nSPS) is 17.4. The maximum atomic E-state index is 12.0. The molecule has 7 nitrogen and oxygen atoms in total. The van der Waals surface area contributed by atoms with E-state index in [1.54, 1.807) is 6.07 Å². The number of ether oxygens (including phenoxy) is 3. The maximum absolute atomic E-state index is 12.0. The second-order valence-electron chi connectivity index (χ2n) is 5.39. The van der Waals surface area contributed by atoms with Gasteiger partial charge in [0.05, 0.1) is 6.54 Å². The van der Waals surface area contributed by atoms with Gasteiger partial charge in [-0.2, -0.15) is 0 Å². The number of hydrogen-bond donors (Lipinski definition) is 1. The smallest absolute Gasteiger partial charge is 0.317 e. The summed E-state index contributed by atoms with van der Waals surface area (Å²) in [5.74, 6) is 2.13. The zero-order valence-electron chi connectivity index (χ0n) is 12.7. The fourth-order valence-electron chi connectivity index (χ4n) is 2.41. The SMILES string of the molecule is CN1CCN(C(=O)NCCOc2ccc3c(c2)OCO3)CC1. The summed E-state index contributed by atoms with van der Waals surface area (Å²) in [5, 5.41) is 2.88. The van der Waals surface area contributed by atoms with E-state index < -0.39 is 0 Å². The summed E-state index contributed by atoms with van der Waals surface area (Å²) in [6.07, 6.45) is 0. The first-order chi connectivity index (χ1) is 10.7. The Bertz CT molecular complexity index is 530. The van der Waals surface area contributed by atoms with Crippen molar-refractivity contribution in [1.29, 1.82) is 0 Å². The summed E-state index contributed by atoms with van der Waals surface area (Å²) in [5.41, 5.74) is 0. The number of fused-ring (bicyclic) bond motifs is 1. The van der Waals surface area contributed by atoms with E-state index in [1.165, 1.54) is 0 Å². The first-order valence-electron chi connectivity index (χ1n) is 7.46. The number of benzene rings is 1. The molecule has 0 spiro atoms. The highest BCUT2D eigenvalue weighted by atomic mass is 16.7. The molecule has 0 aromatic heterocycles. The fourth-order valence-corrected chi connectivity index (χ4v) is 2.41. The summed E-state index contributed by atoms with van der Waals surface area (Å²) in [6, 6.07) is 5.42. The number of carbonyl (C=O) groups excluding carboxylic acids is 1. The Balaban J connectivity index is 1.37. The number of urea groups is 1. The molecular formula is C15H21N3O4. The van der Waals surface area contributed by atoms with Crippen LogP contribution in [0.4, 0.5) is 4.79 Å². The van der Waals surface area contributed by atoms with Gasteiger partial charge in [0.1, 0.15) is 12.4 Å². The highest BCUT2D eigenvalue weighted by Crippen LogP contribution is 2.34. The number of amides is 2. The van der Waals surface area contributed by atoms with Gasteiger partial charge < -0.3 is 29.3 Å². The number of hydrogen-bond acceptors (Lipinski definition) is 5. The topological polar surface area (TPSA) is 63.3 Å². The van der Waals surface area contributed by atoms with Crippen LogP contribution in [0.3, 0.4) is 0 Å². The third-order valence-corrected chi connectivity index (χ3v) is 3.78. The third kappa shape index (κ3) is 3.54. The van der Waals surface area contributed by atoms with E-state index in [4.69, 9.17) is 14.2 Å². The standard InChI is InChI=1S/C15H21N3O4/c1-17-5-7-18(8-6-17)15(19)16-4-9-20-12-2-3-13-14(10-12)22-11-21-13/h2-3,10H,4-9,11H2,1H3,(H,16,19). The Morgan fingerprint density at radius 1 is 1.23 bits per heavy atom. The molecule has 2 aliphatic heterocycles. The number of piperazine rings is 1. The third-order valence-electron chi connectivity index (χ3n) is 3.78. The molecular weight excluding hydrogens is 286 g/mol. The molecule has 1 aromatic rings. The average molecular weight is 307 g/mol. The molecule has 2 amide bonds. The summed E-state index contributed by atoms with van der Waals surface area (Å²) >= 11 is 0. The molecule has 0 saturated carbocycles. The Morgan fingerprint density at radius 2 is 2.00 bits per heavy atom. The van der Waals surface area contributed by atoms with E-state index in [0.717, 1.165) is 31.9 Å². The number of nitrogens with zero attached hydrogens (tertiary/aromatic N) is 2. The predicted molar refractivity (Wildman–Crippen MR) is 80.5 cm³/mol. The van der Waals surface area contributed by atoms with Gasteiger partial charge in [-0.25, -0.2) is 4.79 Å². The molecule has 0 atom stereocenters. The summed E-state index contributed by atoms with van der Waals surface area (Å²) in [6.45, 7) is 4.51. The van der Waals surface area contributed by atoms with Crippen LogP contribution in [0, 0.1) is 0 Å². The van der Waals surface area contributed by atoms with Gasteiger partial charge in [-0.05, 0) is 19.2 Å². The Labute approximate surface area is 129 Å². The summed E-state index contributed by atoms with van der Waals surface area (Å²) in [4.78, 5) is 16.0. The molecule has 0 radical (unpaired) electrons. The fraction of sp³-hybridized carbons (Fsp3) is 0.533. The zero-order valence-corrected chi connectivity index (χ0v) is 12.7. The molecule has 1 fully saturated rings. The van der Waals surface area contributed by atoms with Crippen molar-refractivity contribution in [3.05, 3.63) is 18.2 Å². The van der Waals surface area contributed by atoms with Crippen molar-refractivity contribution >= 4 is 6.03 Å². The summed E-state index contributed by atoms with van der Waals surface area (Å²) in [7, 11) is 2.06. The lowest BCUT2D eigenvalue weighted by Crippen LogP contribution is -2.51. The van der Waals surface area contributed by atoms with E-state index >= 15 is 0 Å². The number of rotatable bonds is 4. The molecule has 7 heteroatoms. The zero-order chi connectivity index (χ0) is 15.4. The van der Waals surface area contributed by atoms with Crippen molar-refractivity contribution in [3.8, 4) is 17.2 Å². The molecule has 0 bridgehead atoms. The van der Waals surface area contributed by atoms with Gasteiger partial charge in [0.2, 0.25) is 6.79 Å². The molecule has 1 N–H and O–H groups in total. The second-order valence-corrected chi connectivity index (χ2v) is 5.39. The Kier molecular flexibility index (Phi) is 4.53. The van der Waals surface area contributed by atoms with Crippen LogP contribution in [0.25, 0.3) is 0 Å². The van der Waals surface area contributed by atoms with Crippen molar-refractivity contribution in [2.45, 2.75) is 0 Å². The van der Waals surface area contributed by atoms with Gasteiger partial charge in [0, 0.05) is 32.2 Å². The minimum absolute atomic E-state index is 0.0256. The van der Waals surface area contributed by atoms with Crippen molar-refractivity contribution in [2.75, 3.05) is 53.2 Å². The first kappa shape index (κ1) is 14.8. The second kappa shape index (κ2) is 6.74. The van der Waals surface area contributed by atoms with Gasteiger partial charge in [-0.1, -0.05) is 0 Å². The molecule has 2 aliphatic rings. The highest BCUT2D eigenvalue weighted by Gasteiger charge is 2.18. The largest absolute Gasteiger partial charge is 0.492 e. The molecule has 0 unspecified atom stereocenters. The van der Waals surface area contributed by atoms with Crippen LogP contribution < -0.4 is 19.5 Å². The molecule has 1 saturated heterocycles. The quantitative estimate of drug-likeness (QED) is 0.832. The number of likely N-dealkylation sites (N-methyl/N-ethyl adjacent to an activating group) is 1. The van der Waals surface area contributed by atoms with E-state index in [9.17, 15) is 4.79 Å². The molecule has 2 heterocycles. The molecule has 3 rings (SSSR count). The van der Waals surface area contributed by atoms with E-state index in [0.29, 0.717) is 24.7 Å². The Hall–Kier alpha value is -2.15. The lowest BCUT2D eigenvalue weighted by Gasteiger charge is -2.32. The van der Waals surface area contributed by atoms with Crippen LogP contribution in [-0.2, 0) is 0 Å². The van der Waals surface area contributed by atoms with E-state index in [2.05, 4.69) is 17.3 Å². The van der Waals surface area contributed by atoms with Crippen LogP contribution >= 0.6 is 0 Å². The number of nitrogens with one attached hydrogen (secondary N) is 1. The van der Waals surface area contributed by atoms with Crippen LogP contribution in [0.1, 0.15) is 0 Å². The molecule has 1 aromatic carbocycles. The van der Waals surface area contributed by atoms with E-state index in [1.807, 2.05) is 17.0 Å². The van der Waals surface area contributed by atoms with Gasteiger partial charge in [0.25, 0.3) is 0 Å². The van der Waals surface area contributed by atoms with Gasteiger partial charge in [0.15, 0.2) is 11.5 Å². The number of carbonyl (C=O) groups is 1. The predicted octanol–water partition coefficient (Wildman–Crippen LogP) is 0.751. The van der Waals surface area contributed by atoms with Crippen LogP contribution in [-0.4, -0.2) is 69.0 Å². The van der Waals surface area contributed by atoms with Gasteiger partial charge in [-0.3, -0.25) is 0 Å². The first-order valence-corrected chi connectivity index (χ1v) is 7.46. The molecule has 22 heavy (non-hydrogen) atoms. The minimum Gasteiger partial charge on any atom is -0.492 e. The minimum atomic E-state index is -0.0256. The lowest BCUT2D eigenvalue weighted by atomic mass is 10.3. The maximum Gasteiger partial charge on any atom is 0.317 e. The van der Waals surface area contributed by atoms with Crippen LogP contribution in [0.2, 0.25) is 0 Å². The lowest BCUT2D eigenvalue weighted by molar-refractivity contribution is 0.153. The van der Waals surface area contributed by atoms with Crippen LogP contribution in [0.15, 0.2) is 18.2 Å². The van der Waals surface area contributed by atoms with Gasteiger partial charge >= 0.3 is 6.03 Å². The van der Waals surface area contributed by atoms with Crippen molar-refractivity contribution in [1.82, 2.24) is 15.1 Å². The Morgan fingerprint density at radius 3 is 2.82 bits per heavy atom. The highest BCUT2D eigenvalue weighted by molar-refractivity contribution is 5.74. The molecule has 120 valence electrons. The average Bonchev–Trinajstić information content (AvgIpc) is 2.99. The summed E-state index contributed by atoms with van der Waals surface area (Å²) < 4.78 is 16.1. The van der Waals surface area contributed by atoms with Crippen LogP contribution in [0.5, 0.6) is 17.2 Å². The molecule has 0 aliphatic carbocycles. The van der Waals surface area contributed by atoms with Crippen molar-refractivity contribution in [2.24, 2.45) is 0 Å².